The van der Waals surface area contributed by atoms with Crippen LogP contribution in [-0.4, -0.2) is 5.97 Å². The molecule has 3 nitrogen and oxygen atoms in total. The number of hydrogen-bond donors (Lipinski definition) is 0. The van der Waals surface area contributed by atoms with E-state index in [1.54, 1.807) is 19.1 Å². The summed E-state index contributed by atoms with van der Waals surface area (Å²) in [6, 6.07) is 45.4. The fourth-order valence-electron chi connectivity index (χ4n) is 4.45. The molecule has 5 rings (SSSR count). The van der Waals surface area contributed by atoms with Crippen molar-refractivity contribution in [3.05, 3.63) is 168 Å². The minimum absolute atomic E-state index is 0.363. The van der Waals surface area contributed by atoms with E-state index < -0.39 is 5.97 Å². The Morgan fingerprint density at radius 3 is 1.57 bits per heavy atom. The van der Waals surface area contributed by atoms with Crippen LogP contribution in [0.2, 0.25) is 0 Å². The number of esters is 1. The lowest BCUT2D eigenvalue weighted by molar-refractivity contribution is -0.130. The largest absolute Gasteiger partial charge is 0.423 e. The van der Waals surface area contributed by atoms with E-state index in [9.17, 15) is 4.79 Å². The van der Waals surface area contributed by atoms with Crippen molar-refractivity contribution >= 4 is 34.7 Å². The van der Waals surface area contributed by atoms with Crippen LogP contribution in [0.4, 0.5) is 17.1 Å². The first-order chi connectivity index (χ1) is 19.5. The molecule has 0 aromatic heterocycles. The molecule has 0 saturated heterocycles. The quantitative estimate of drug-likeness (QED) is 0.0881. The van der Waals surface area contributed by atoms with Gasteiger partial charge in [0, 0.05) is 22.6 Å². The molecule has 0 atom stereocenters. The van der Waals surface area contributed by atoms with E-state index in [-0.39, 0.29) is 0 Å². The molecule has 0 N–H and O–H groups in total. The summed E-state index contributed by atoms with van der Waals surface area (Å²) >= 11 is 0. The number of aryl methyl sites for hydroxylation is 1. The molecule has 5 aromatic rings. The van der Waals surface area contributed by atoms with Gasteiger partial charge in [0.1, 0.15) is 5.75 Å². The topological polar surface area (TPSA) is 29.5 Å². The summed E-state index contributed by atoms with van der Waals surface area (Å²) in [5.41, 5.74) is 9.20. The third-order valence-electron chi connectivity index (χ3n) is 6.58. The van der Waals surface area contributed by atoms with E-state index in [1.807, 2.05) is 24.3 Å². The Labute approximate surface area is 236 Å². The number of rotatable bonds is 8. The van der Waals surface area contributed by atoms with Gasteiger partial charge in [-0.1, -0.05) is 97.1 Å². The van der Waals surface area contributed by atoms with Gasteiger partial charge in [0.25, 0.3) is 0 Å². The maximum Gasteiger partial charge on any atom is 0.338 e. The van der Waals surface area contributed by atoms with Crippen molar-refractivity contribution in [3.8, 4) is 5.75 Å². The molecular weight excluding hydrogens is 490 g/mol. The van der Waals surface area contributed by atoms with Gasteiger partial charge in [-0.05, 0) is 90.7 Å². The molecule has 0 unspecified atom stereocenters. The molecule has 0 aliphatic rings. The van der Waals surface area contributed by atoms with Crippen LogP contribution in [0.3, 0.4) is 0 Å². The number of carbonyl (C=O) groups is 1. The second-order valence-electron chi connectivity index (χ2n) is 9.72. The molecule has 5 aromatic carbocycles. The molecule has 196 valence electrons. The van der Waals surface area contributed by atoms with Crippen LogP contribution >= 0.6 is 0 Å². The number of hydrogen-bond acceptors (Lipinski definition) is 3. The van der Waals surface area contributed by atoms with Crippen LogP contribution in [0, 0.1) is 6.92 Å². The van der Waals surface area contributed by atoms with Crippen LogP contribution in [0.5, 0.6) is 5.75 Å². The molecule has 0 amide bonds. The summed E-state index contributed by atoms with van der Waals surface area (Å²) < 4.78 is 5.40. The summed E-state index contributed by atoms with van der Waals surface area (Å²) in [6.07, 6.45) is 2.23. The Bertz CT molecular complexity index is 1580. The predicted molar refractivity (Wildman–Crippen MR) is 166 cm³/mol. The number of benzene rings is 5. The van der Waals surface area contributed by atoms with Gasteiger partial charge in [-0.15, -0.1) is 0 Å². The van der Waals surface area contributed by atoms with Gasteiger partial charge in [-0.25, -0.2) is 4.79 Å². The Morgan fingerprint density at radius 1 is 0.650 bits per heavy atom. The SMILES string of the molecule is C=C(C)C(=O)Oc1ccc(N(c2ccc(C)cc2)c2ccc(C=C(c3ccccc3)c3ccccc3)cc2)cc1. The maximum absolute atomic E-state index is 12.0. The first-order valence-corrected chi connectivity index (χ1v) is 13.2. The number of anilines is 3. The zero-order valence-electron chi connectivity index (χ0n) is 22.7. The zero-order chi connectivity index (χ0) is 27.9. The van der Waals surface area contributed by atoms with Crippen molar-refractivity contribution < 1.29 is 9.53 Å². The first-order valence-electron chi connectivity index (χ1n) is 13.2. The summed E-state index contributed by atoms with van der Waals surface area (Å²) in [6.45, 7) is 7.37. The van der Waals surface area contributed by atoms with Gasteiger partial charge in [-0.2, -0.15) is 0 Å². The van der Waals surface area contributed by atoms with Crippen molar-refractivity contribution in [1.82, 2.24) is 0 Å². The molecule has 0 fully saturated rings. The van der Waals surface area contributed by atoms with Gasteiger partial charge < -0.3 is 9.64 Å². The van der Waals surface area contributed by atoms with Gasteiger partial charge in [-0.3, -0.25) is 0 Å². The number of nitrogens with zero attached hydrogens (tertiary/aromatic N) is 1. The molecular formula is C37H31NO2. The normalized spacial score (nSPS) is 10.4. The van der Waals surface area contributed by atoms with E-state index in [0.29, 0.717) is 11.3 Å². The van der Waals surface area contributed by atoms with Gasteiger partial charge in [0.15, 0.2) is 0 Å². The van der Waals surface area contributed by atoms with Crippen LogP contribution in [0.1, 0.15) is 29.2 Å². The molecule has 0 saturated carbocycles. The Hall–Kier alpha value is -5.15. The second kappa shape index (κ2) is 12.1. The van der Waals surface area contributed by atoms with E-state index in [4.69, 9.17) is 4.74 Å². The minimum Gasteiger partial charge on any atom is -0.423 e. The average Bonchev–Trinajstić information content (AvgIpc) is 2.99. The fraction of sp³-hybridized carbons (Fsp3) is 0.0541. The highest BCUT2D eigenvalue weighted by atomic mass is 16.5. The molecule has 0 aliphatic carbocycles. The van der Waals surface area contributed by atoms with Crippen molar-refractivity contribution in [2.75, 3.05) is 4.90 Å². The Morgan fingerprint density at radius 2 is 1.10 bits per heavy atom. The molecule has 0 heterocycles. The van der Waals surface area contributed by atoms with Crippen LogP contribution in [0.15, 0.2) is 146 Å². The Kier molecular flexibility index (Phi) is 8.03. The molecule has 0 bridgehead atoms. The smallest absolute Gasteiger partial charge is 0.338 e. The zero-order valence-corrected chi connectivity index (χ0v) is 22.7. The number of carbonyl (C=O) groups excluding carboxylic acids is 1. The Balaban J connectivity index is 1.50. The lowest BCUT2D eigenvalue weighted by atomic mass is 9.95. The molecule has 0 spiro atoms. The van der Waals surface area contributed by atoms with Crippen LogP contribution in [0.25, 0.3) is 11.6 Å². The van der Waals surface area contributed by atoms with Crippen molar-refractivity contribution in [2.45, 2.75) is 13.8 Å². The minimum atomic E-state index is -0.433. The van der Waals surface area contributed by atoms with Crippen molar-refractivity contribution in [2.24, 2.45) is 0 Å². The third kappa shape index (κ3) is 6.28. The lowest BCUT2D eigenvalue weighted by Gasteiger charge is -2.26. The van der Waals surface area contributed by atoms with E-state index in [2.05, 4.69) is 122 Å². The maximum atomic E-state index is 12.0. The second-order valence-corrected chi connectivity index (χ2v) is 9.72. The highest BCUT2D eigenvalue weighted by Crippen LogP contribution is 2.36. The highest BCUT2D eigenvalue weighted by Gasteiger charge is 2.14. The van der Waals surface area contributed by atoms with Crippen LogP contribution in [-0.2, 0) is 4.79 Å². The summed E-state index contributed by atoms with van der Waals surface area (Å²) in [5, 5.41) is 0. The van der Waals surface area contributed by atoms with Gasteiger partial charge in [0.05, 0.1) is 0 Å². The van der Waals surface area contributed by atoms with Crippen molar-refractivity contribution in [1.29, 1.82) is 0 Å². The summed E-state index contributed by atoms with van der Waals surface area (Å²) in [4.78, 5) is 14.1. The van der Waals surface area contributed by atoms with E-state index >= 15 is 0 Å². The average molecular weight is 522 g/mol. The van der Waals surface area contributed by atoms with Crippen LogP contribution < -0.4 is 9.64 Å². The molecule has 0 aliphatic heterocycles. The first kappa shape index (κ1) is 26.5. The monoisotopic (exact) mass is 521 g/mol. The number of ether oxygens (including phenoxy) is 1. The molecule has 40 heavy (non-hydrogen) atoms. The lowest BCUT2D eigenvalue weighted by Crippen LogP contribution is -2.11. The third-order valence-corrected chi connectivity index (χ3v) is 6.58. The van der Waals surface area contributed by atoms with Gasteiger partial charge >= 0.3 is 5.97 Å². The predicted octanol–water partition coefficient (Wildman–Crippen LogP) is 9.54. The van der Waals surface area contributed by atoms with Crippen molar-refractivity contribution in [3.63, 3.8) is 0 Å². The van der Waals surface area contributed by atoms with Gasteiger partial charge in [0.2, 0.25) is 0 Å². The van der Waals surface area contributed by atoms with E-state index in [0.717, 1.165) is 22.6 Å². The highest BCUT2D eigenvalue weighted by molar-refractivity contribution is 5.92. The molecule has 0 radical (unpaired) electrons. The standard InChI is InChI=1S/C37H31NO2/c1-27(2)37(39)40-35-24-22-34(23-25-35)38(32-18-14-28(3)15-19-32)33-20-16-29(17-21-33)26-36(30-10-6-4-7-11-30)31-12-8-5-9-13-31/h4-26H,1H2,2-3H3. The summed E-state index contributed by atoms with van der Waals surface area (Å²) in [5.74, 6) is 0.0487. The van der Waals surface area contributed by atoms with E-state index in [1.165, 1.54) is 22.3 Å². The summed E-state index contributed by atoms with van der Waals surface area (Å²) in [7, 11) is 0. The fourth-order valence-corrected chi connectivity index (χ4v) is 4.45. The molecule has 3 heteroatoms.